The third kappa shape index (κ3) is 3.24. The number of rotatable bonds is 3. The first kappa shape index (κ1) is 15.2. The van der Waals surface area contributed by atoms with E-state index in [4.69, 9.17) is 21.1 Å². The van der Waals surface area contributed by atoms with Gasteiger partial charge in [-0.3, -0.25) is 0 Å². The van der Waals surface area contributed by atoms with E-state index >= 15 is 0 Å². The number of benzene rings is 2. The first-order chi connectivity index (χ1) is 11.0. The molecule has 1 aliphatic rings. The van der Waals surface area contributed by atoms with E-state index in [2.05, 4.69) is 0 Å². The van der Waals surface area contributed by atoms with E-state index in [-0.39, 0.29) is 16.3 Å². The monoisotopic (exact) mass is 332 g/mol. The van der Waals surface area contributed by atoms with E-state index in [9.17, 15) is 15.0 Å². The van der Waals surface area contributed by atoms with Crippen molar-refractivity contribution < 1.29 is 24.5 Å². The van der Waals surface area contributed by atoms with Gasteiger partial charge in [0, 0.05) is 0 Å². The Balaban J connectivity index is 2.03. The summed E-state index contributed by atoms with van der Waals surface area (Å²) in [6.07, 6.45) is 1.49. The van der Waals surface area contributed by atoms with Crippen LogP contribution in [0.5, 0.6) is 17.2 Å². The van der Waals surface area contributed by atoms with Crippen LogP contribution in [0.15, 0.2) is 36.4 Å². The quantitative estimate of drug-likeness (QED) is 0.665. The smallest absolute Gasteiger partial charge is 0.336 e. The largest absolute Gasteiger partial charge is 0.506 e. The average molecular weight is 333 g/mol. The molecule has 0 amide bonds. The lowest BCUT2D eigenvalue weighted by Gasteiger charge is -2.19. The summed E-state index contributed by atoms with van der Waals surface area (Å²) in [6, 6.07) is 9.48. The molecule has 0 aliphatic carbocycles. The summed E-state index contributed by atoms with van der Waals surface area (Å²) < 4.78 is 10.9. The highest BCUT2D eigenvalue weighted by atomic mass is 35.5. The highest BCUT2D eigenvalue weighted by molar-refractivity contribution is 6.32. The first-order valence-corrected chi connectivity index (χ1v) is 7.26. The fraction of sp³-hybridized carbons (Fsp3) is 0.118. The molecule has 1 heterocycles. The van der Waals surface area contributed by atoms with Crippen molar-refractivity contribution in [3.63, 3.8) is 0 Å². The molecule has 2 aromatic carbocycles. The molecule has 1 aliphatic heterocycles. The van der Waals surface area contributed by atoms with Crippen LogP contribution in [0, 0.1) is 0 Å². The second-order valence-electron chi connectivity index (χ2n) is 4.93. The van der Waals surface area contributed by atoms with Crippen LogP contribution in [-0.2, 0) is 4.79 Å². The maximum Gasteiger partial charge on any atom is 0.336 e. The molecule has 0 aromatic heterocycles. The van der Waals surface area contributed by atoms with Crippen LogP contribution in [0.3, 0.4) is 0 Å². The Bertz CT molecular complexity index is 798. The van der Waals surface area contributed by atoms with E-state index in [1.54, 1.807) is 24.3 Å². The van der Waals surface area contributed by atoms with Crippen molar-refractivity contribution in [1.29, 1.82) is 0 Å². The van der Waals surface area contributed by atoms with Crippen LogP contribution in [0.4, 0.5) is 0 Å². The number of hydrogen-bond donors (Lipinski definition) is 2. The van der Waals surface area contributed by atoms with Gasteiger partial charge in [0.2, 0.25) is 0 Å². The van der Waals surface area contributed by atoms with Crippen molar-refractivity contribution in [2.45, 2.75) is 0 Å². The Morgan fingerprint density at radius 2 is 1.83 bits per heavy atom. The molecule has 0 unspecified atom stereocenters. The second-order valence-corrected chi connectivity index (χ2v) is 5.34. The fourth-order valence-electron chi connectivity index (χ4n) is 2.26. The summed E-state index contributed by atoms with van der Waals surface area (Å²) in [7, 11) is 0. The third-order valence-electron chi connectivity index (χ3n) is 3.37. The summed E-state index contributed by atoms with van der Waals surface area (Å²) in [5.41, 5.74) is 1.15. The summed E-state index contributed by atoms with van der Waals surface area (Å²) in [6.45, 7) is 0.899. The number of carbonyl (C=O) groups is 1. The number of fused-ring (bicyclic) bond motifs is 1. The van der Waals surface area contributed by atoms with E-state index in [1.807, 2.05) is 0 Å². The SMILES string of the molecule is O=C(O)/C(=C\c1ccc(O)c(Cl)c1)c1ccc2c(c1)OCCO2. The zero-order valence-corrected chi connectivity index (χ0v) is 12.7. The highest BCUT2D eigenvalue weighted by Gasteiger charge is 2.17. The number of hydrogen-bond acceptors (Lipinski definition) is 4. The predicted molar refractivity (Wildman–Crippen MR) is 86.1 cm³/mol. The lowest BCUT2D eigenvalue weighted by Crippen LogP contribution is -2.15. The Morgan fingerprint density at radius 3 is 2.52 bits per heavy atom. The number of phenols is 1. The van der Waals surface area contributed by atoms with Gasteiger partial charge in [-0.1, -0.05) is 23.7 Å². The van der Waals surface area contributed by atoms with Gasteiger partial charge in [0.25, 0.3) is 0 Å². The molecule has 0 radical (unpaired) electrons. The Kier molecular flexibility index (Phi) is 4.12. The molecule has 0 fully saturated rings. The molecule has 0 bridgehead atoms. The van der Waals surface area contributed by atoms with Crippen LogP contribution < -0.4 is 9.47 Å². The standard InChI is InChI=1S/C17H13ClO5/c18-13-8-10(1-3-14(13)19)7-12(17(20)21)11-2-4-15-16(9-11)23-6-5-22-15/h1-4,7-9,19H,5-6H2,(H,20,21)/b12-7-. The summed E-state index contributed by atoms with van der Waals surface area (Å²) in [5.74, 6) is -0.0204. The summed E-state index contributed by atoms with van der Waals surface area (Å²) in [4.78, 5) is 11.6. The molecule has 118 valence electrons. The number of phenolic OH excluding ortho intramolecular Hbond substituents is 1. The number of carboxylic acids is 1. The van der Waals surface area contributed by atoms with Crippen molar-refractivity contribution in [2.75, 3.05) is 13.2 Å². The topological polar surface area (TPSA) is 76.0 Å². The van der Waals surface area contributed by atoms with Gasteiger partial charge >= 0.3 is 5.97 Å². The average Bonchev–Trinajstić information content (AvgIpc) is 2.55. The van der Waals surface area contributed by atoms with E-state index < -0.39 is 5.97 Å². The third-order valence-corrected chi connectivity index (χ3v) is 3.67. The van der Waals surface area contributed by atoms with Gasteiger partial charge < -0.3 is 19.7 Å². The molecule has 6 heteroatoms. The highest BCUT2D eigenvalue weighted by Crippen LogP contribution is 2.34. The lowest BCUT2D eigenvalue weighted by atomic mass is 10.0. The van der Waals surface area contributed by atoms with Gasteiger partial charge in [0.05, 0.1) is 10.6 Å². The minimum absolute atomic E-state index is 0.0555. The van der Waals surface area contributed by atoms with E-state index in [1.165, 1.54) is 18.2 Å². The second kappa shape index (κ2) is 6.22. The van der Waals surface area contributed by atoms with Gasteiger partial charge in [-0.25, -0.2) is 4.79 Å². The Morgan fingerprint density at radius 1 is 1.09 bits per heavy atom. The normalized spacial score (nSPS) is 13.7. The van der Waals surface area contributed by atoms with Gasteiger partial charge in [-0.05, 0) is 41.5 Å². The van der Waals surface area contributed by atoms with Gasteiger partial charge in [0.15, 0.2) is 11.5 Å². The molecule has 2 aromatic rings. The van der Waals surface area contributed by atoms with Crippen molar-refractivity contribution in [1.82, 2.24) is 0 Å². The van der Waals surface area contributed by atoms with Crippen molar-refractivity contribution >= 4 is 29.2 Å². The van der Waals surface area contributed by atoms with E-state index in [0.29, 0.717) is 35.8 Å². The minimum Gasteiger partial charge on any atom is -0.506 e. The van der Waals surface area contributed by atoms with E-state index in [0.717, 1.165) is 0 Å². The zero-order valence-electron chi connectivity index (χ0n) is 12.0. The van der Waals surface area contributed by atoms with Crippen molar-refractivity contribution in [2.24, 2.45) is 0 Å². The first-order valence-electron chi connectivity index (χ1n) is 6.88. The summed E-state index contributed by atoms with van der Waals surface area (Å²) >= 11 is 5.85. The Labute approximate surface area is 137 Å². The zero-order chi connectivity index (χ0) is 16.4. The number of aliphatic carboxylic acids is 1. The Hall–Kier alpha value is -2.66. The molecule has 2 N–H and O–H groups in total. The van der Waals surface area contributed by atoms with Crippen LogP contribution in [0.2, 0.25) is 5.02 Å². The minimum atomic E-state index is -1.08. The maximum atomic E-state index is 11.6. The maximum absolute atomic E-state index is 11.6. The van der Waals surface area contributed by atoms with Crippen LogP contribution in [0.1, 0.15) is 11.1 Å². The van der Waals surface area contributed by atoms with Gasteiger partial charge in [-0.15, -0.1) is 0 Å². The molecule has 0 saturated carbocycles. The molecular weight excluding hydrogens is 320 g/mol. The van der Waals surface area contributed by atoms with Crippen LogP contribution in [-0.4, -0.2) is 29.4 Å². The number of ether oxygens (including phenoxy) is 2. The molecular formula is C17H13ClO5. The fourth-order valence-corrected chi connectivity index (χ4v) is 2.45. The number of aromatic hydroxyl groups is 1. The molecule has 0 spiro atoms. The lowest BCUT2D eigenvalue weighted by molar-refractivity contribution is -0.130. The van der Waals surface area contributed by atoms with Gasteiger partial charge in [-0.2, -0.15) is 0 Å². The van der Waals surface area contributed by atoms with Gasteiger partial charge in [0.1, 0.15) is 19.0 Å². The summed E-state index contributed by atoms with van der Waals surface area (Å²) in [5, 5.41) is 19.1. The number of carboxylic acid groups (broad SMARTS) is 1. The molecule has 5 nitrogen and oxygen atoms in total. The molecule has 0 saturated heterocycles. The van der Waals surface area contributed by atoms with Crippen LogP contribution in [0.25, 0.3) is 11.6 Å². The molecule has 3 rings (SSSR count). The predicted octanol–water partition coefficient (Wildman–Crippen LogP) is 3.44. The van der Waals surface area contributed by atoms with Crippen molar-refractivity contribution in [3.8, 4) is 17.2 Å². The molecule has 0 atom stereocenters. The van der Waals surface area contributed by atoms with Crippen molar-refractivity contribution in [3.05, 3.63) is 52.5 Å². The molecule has 23 heavy (non-hydrogen) atoms. The van der Waals surface area contributed by atoms with Crippen LogP contribution >= 0.6 is 11.6 Å². The number of halogens is 1.